The summed E-state index contributed by atoms with van der Waals surface area (Å²) < 4.78 is 5.29. The van der Waals surface area contributed by atoms with Gasteiger partial charge in [-0.3, -0.25) is 0 Å². The number of rotatable bonds is 7. The van der Waals surface area contributed by atoms with Crippen molar-refractivity contribution in [1.82, 2.24) is 15.0 Å². The van der Waals surface area contributed by atoms with Gasteiger partial charge in [0.2, 0.25) is 17.8 Å². The van der Waals surface area contributed by atoms with Gasteiger partial charge in [-0.25, -0.2) is 5.43 Å². The maximum Gasteiger partial charge on any atom is 0.250 e. The second kappa shape index (κ2) is 8.43. The zero-order valence-electron chi connectivity index (χ0n) is 14.5. The maximum atomic E-state index is 5.29. The van der Waals surface area contributed by atoms with Crippen LogP contribution in [-0.2, 0) is 0 Å². The van der Waals surface area contributed by atoms with Crippen LogP contribution in [0.15, 0.2) is 59.7 Å². The molecule has 0 amide bonds. The maximum absolute atomic E-state index is 5.29. The smallest absolute Gasteiger partial charge is 0.250 e. The Bertz CT molecular complexity index is 884. The average molecular weight is 349 g/mol. The van der Waals surface area contributed by atoms with Gasteiger partial charge in [0.15, 0.2) is 0 Å². The van der Waals surface area contributed by atoms with Crippen LogP contribution in [0.25, 0.3) is 0 Å². The third-order valence-corrected chi connectivity index (χ3v) is 3.40. The highest BCUT2D eigenvalue weighted by Crippen LogP contribution is 2.16. The Morgan fingerprint density at radius 3 is 2.35 bits per heavy atom. The quantitative estimate of drug-likeness (QED) is 0.445. The molecule has 0 aliphatic rings. The monoisotopic (exact) mass is 349 g/mol. The van der Waals surface area contributed by atoms with Gasteiger partial charge in [0.25, 0.3) is 0 Å². The summed E-state index contributed by atoms with van der Waals surface area (Å²) in [4.78, 5) is 12.8. The number of hydrogen-bond donors (Lipinski definition) is 3. The number of nitrogens with zero attached hydrogens (tertiary/aromatic N) is 4. The molecule has 0 saturated carbocycles. The predicted octanol–water partition coefficient (Wildman–Crippen LogP) is 3.11. The van der Waals surface area contributed by atoms with Gasteiger partial charge < -0.3 is 15.4 Å². The fraction of sp³-hybridized carbons (Fsp3) is 0.111. The molecule has 0 saturated heterocycles. The summed E-state index contributed by atoms with van der Waals surface area (Å²) in [6.07, 6.45) is 1.64. The summed E-state index contributed by atoms with van der Waals surface area (Å²) in [5.74, 6) is 1.88. The Morgan fingerprint density at radius 2 is 1.58 bits per heavy atom. The van der Waals surface area contributed by atoms with Crippen LogP contribution in [-0.4, -0.2) is 35.3 Å². The molecule has 2 aromatic carbocycles. The number of para-hydroxylation sites is 2. The molecule has 8 nitrogen and oxygen atoms in total. The van der Waals surface area contributed by atoms with E-state index in [2.05, 4.69) is 36.1 Å². The van der Waals surface area contributed by atoms with Crippen molar-refractivity contribution in [1.29, 1.82) is 0 Å². The van der Waals surface area contributed by atoms with Crippen molar-refractivity contribution < 1.29 is 4.74 Å². The van der Waals surface area contributed by atoms with Crippen molar-refractivity contribution in [2.45, 2.75) is 0 Å². The van der Waals surface area contributed by atoms with E-state index in [-0.39, 0.29) is 0 Å². The number of nitrogens with one attached hydrogen (secondary N) is 3. The lowest BCUT2D eigenvalue weighted by atomic mass is 10.2. The van der Waals surface area contributed by atoms with E-state index in [0.29, 0.717) is 17.8 Å². The van der Waals surface area contributed by atoms with E-state index in [4.69, 9.17) is 4.74 Å². The molecule has 3 rings (SSSR count). The summed E-state index contributed by atoms with van der Waals surface area (Å²) in [7, 11) is 3.36. The van der Waals surface area contributed by atoms with Crippen LogP contribution in [0.4, 0.5) is 23.5 Å². The Balaban J connectivity index is 1.77. The Hall–Kier alpha value is -3.68. The molecular weight excluding hydrogens is 330 g/mol. The number of aromatic nitrogens is 3. The second-order valence-corrected chi connectivity index (χ2v) is 5.16. The summed E-state index contributed by atoms with van der Waals surface area (Å²) in [6.45, 7) is 0. The molecule has 8 heteroatoms. The first-order chi connectivity index (χ1) is 12.8. The van der Waals surface area contributed by atoms with Gasteiger partial charge >= 0.3 is 0 Å². The predicted molar refractivity (Wildman–Crippen MR) is 103 cm³/mol. The molecule has 0 atom stereocenters. The van der Waals surface area contributed by atoms with Crippen LogP contribution < -0.4 is 20.8 Å². The Labute approximate surface area is 151 Å². The van der Waals surface area contributed by atoms with Crippen molar-refractivity contribution >= 4 is 29.7 Å². The molecule has 3 aromatic rings. The topological polar surface area (TPSA) is 96.4 Å². The molecule has 132 valence electrons. The summed E-state index contributed by atoms with van der Waals surface area (Å²) in [5, 5.41) is 10.2. The molecule has 3 N–H and O–H groups in total. The minimum atomic E-state index is 0.314. The number of anilines is 4. The van der Waals surface area contributed by atoms with Gasteiger partial charge in [-0.05, 0) is 24.3 Å². The standard InChI is InChI=1S/C18H19N7O/c1-19-16-22-17(21-14-9-4-3-5-10-14)24-18(23-16)25-20-12-13-8-6-7-11-15(13)26-2/h3-12H,1-2H3,(H3,19,21,22,23,24,25)/b20-12+. The fourth-order valence-corrected chi connectivity index (χ4v) is 2.18. The molecule has 1 aromatic heterocycles. The molecule has 0 unspecified atom stereocenters. The first-order valence-corrected chi connectivity index (χ1v) is 7.96. The van der Waals surface area contributed by atoms with E-state index in [1.54, 1.807) is 20.4 Å². The SMILES string of the molecule is CNc1nc(N/N=C/c2ccccc2OC)nc(Nc2ccccc2)n1. The van der Waals surface area contributed by atoms with Crippen LogP contribution >= 0.6 is 0 Å². The van der Waals surface area contributed by atoms with Crippen molar-refractivity contribution in [2.24, 2.45) is 5.10 Å². The highest BCUT2D eigenvalue weighted by molar-refractivity contribution is 5.83. The number of hydrogen-bond acceptors (Lipinski definition) is 8. The molecule has 0 fully saturated rings. The molecule has 0 spiro atoms. The number of ether oxygens (including phenoxy) is 1. The third-order valence-electron chi connectivity index (χ3n) is 3.40. The fourth-order valence-electron chi connectivity index (χ4n) is 2.18. The van der Waals surface area contributed by atoms with Crippen molar-refractivity contribution in [3.8, 4) is 5.75 Å². The Kier molecular flexibility index (Phi) is 5.56. The highest BCUT2D eigenvalue weighted by Gasteiger charge is 2.05. The largest absolute Gasteiger partial charge is 0.496 e. The molecule has 0 radical (unpaired) electrons. The minimum Gasteiger partial charge on any atom is -0.496 e. The number of methoxy groups -OCH3 is 1. The Morgan fingerprint density at radius 1 is 0.885 bits per heavy atom. The minimum absolute atomic E-state index is 0.314. The zero-order chi connectivity index (χ0) is 18.2. The van der Waals surface area contributed by atoms with Gasteiger partial charge in [-0.2, -0.15) is 20.1 Å². The molecule has 0 aliphatic carbocycles. The van der Waals surface area contributed by atoms with Gasteiger partial charge in [0, 0.05) is 18.3 Å². The van der Waals surface area contributed by atoms with Crippen molar-refractivity contribution in [2.75, 3.05) is 30.2 Å². The summed E-state index contributed by atoms with van der Waals surface area (Å²) in [6, 6.07) is 17.2. The lowest BCUT2D eigenvalue weighted by Crippen LogP contribution is -2.07. The van der Waals surface area contributed by atoms with Crippen LogP contribution in [0, 0.1) is 0 Å². The first-order valence-electron chi connectivity index (χ1n) is 7.96. The van der Waals surface area contributed by atoms with Gasteiger partial charge in [-0.1, -0.05) is 30.3 Å². The van der Waals surface area contributed by atoms with Crippen molar-refractivity contribution in [3.05, 3.63) is 60.2 Å². The zero-order valence-corrected chi connectivity index (χ0v) is 14.5. The highest BCUT2D eigenvalue weighted by atomic mass is 16.5. The molecule has 26 heavy (non-hydrogen) atoms. The number of benzene rings is 2. The first kappa shape index (κ1) is 17.2. The molecule has 0 bridgehead atoms. The number of hydrazone groups is 1. The van der Waals surface area contributed by atoms with E-state index < -0.39 is 0 Å². The summed E-state index contributed by atoms with van der Waals surface area (Å²) in [5.41, 5.74) is 4.54. The van der Waals surface area contributed by atoms with Crippen LogP contribution in [0.2, 0.25) is 0 Å². The van der Waals surface area contributed by atoms with E-state index in [0.717, 1.165) is 17.0 Å². The van der Waals surface area contributed by atoms with E-state index in [1.807, 2.05) is 54.6 Å². The lowest BCUT2D eigenvalue weighted by Gasteiger charge is -2.08. The molecule has 1 heterocycles. The van der Waals surface area contributed by atoms with Crippen molar-refractivity contribution in [3.63, 3.8) is 0 Å². The average Bonchev–Trinajstić information content (AvgIpc) is 2.69. The lowest BCUT2D eigenvalue weighted by molar-refractivity contribution is 0.414. The third kappa shape index (κ3) is 4.44. The van der Waals surface area contributed by atoms with E-state index >= 15 is 0 Å². The summed E-state index contributed by atoms with van der Waals surface area (Å²) >= 11 is 0. The van der Waals surface area contributed by atoms with Crippen LogP contribution in [0.5, 0.6) is 5.75 Å². The molecule has 0 aliphatic heterocycles. The van der Waals surface area contributed by atoms with Crippen LogP contribution in [0.3, 0.4) is 0 Å². The van der Waals surface area contributed by atoms with Gasteiger partial charge in [0.05, 0.1) is 13.3 Å². The van der Waals surface area contributed by atoms with Crippen LogP contribution in [0.1, 0.15) is 5.56 Å². The van der Waals surface area contributed by atoms with Gasteiger partial charge in [0.1, 0.15) is 5.75 Å². The van der Waals surface area contributed by atoms with E-state index in [9.17, 15) is 0 Å². The van der Waals surface area contributed by atoms with Gasteiger partial charge in [-0.15, -0.1) is 0 Å². The molecular formula is C18H19N7O. The van der Waals surface area contributed by atoms with E-state index in [1.165, 1.54) is 0 Å². The second-order valence-electron chi connectivity index (χ2n) is 5.16. The normalized spacial score (nSPS) is 10.5.